The number of aromatic amines is 4. The first-order valence-corrected chi connectivity index (χ1v) is 31.5. The lowest BCUT2D eigenvalue weighted by atomic mass is 9.77. The van der Waals surface area contributed by atoms with E-state index in [1.165, 1.54) is 0 Å². The number of fused-ring (bicyclic) bond motifs is 8. The van der Waals surface area contributed by atoms with Gasteiger partial charge in [-0.1, -0.05) is 27.7 Å². The van der Waals surface area contributed by atoms with Crippen LogP contribution in [0.2, 0.25) is 0 Å². The summed E-state index contributed by atoms with van der Waals surface area (Å²) in [5.74, 6) is -1.96. The smallest absolute Gasteiger partial charge is 0.172 e. The fraction of sp³-hybridized carbons (Fsp3) is 0.222. The number of hydrogen-bond donors (Lipinski definition) is 4. The van der Waals surface area contributed by atoms with Crippen molar-refractivity contribution in [3.05, 3.63) is 165 Å². The van der Waals surface area contributed by atoms with Crippen molar-refractivity contribution in [1.82, 2.24) is 39.9 Å². The predicted molar refractivity (Wildman–Crippen MR) is 334 cm³/mol. The first kappa shape index (κ1) is 57.8. The maximum absolute atomic E-state index is 12.0. The maximum Gasteiger partial charge on any atom is 0.172 e. The van der Waals surface area contributed by atoms with E-state index in [1.54, 1.807) is 48.5 Å². The first-order valence-electron chi connectivity index (χ1n) is 31.5. The van der Waals surface area contributed by atoms with Crippen LogP contribution in [0.5, 0.6) is 92.0 Å². The molecule has 5 aliphatic rings. The molecule has 0 saturated heterocycles. The number of carbonyl (C=O) groups is 4. The van der Waals surface area contributed by atoms with E-state index in [1.807, 2.05) is 24.3 Å². The Hall–Kier alpha value is -12.1. The molecule has 480 valence electrons. The third-order valence-electron chi connectivity index (χ3n) is 18.6. The van der Waals surface area contributed by atoms with Crippen LogP contribution >= 0.6 is 0 Å². The normalized spacial score (nSPS) is 16.6. The largest absolute Gasteiger partial charge is 0.550 e. The average Bonchev–Trinajstić information content (AvgIpc) is 1.43. The Bertz CT molecular complexity index is 4480. The summed E-state index contributed by atoms with van der Waals surface area (Å²) in [6, 6.07) is 29.4. The molecule has 8 bridgehead atoms. The van der Waals surface area contributed by atoms with Gasteiger partial charge in [0.15, 0.2) is 46.0 Å². The van der Waals surface area contributed by atoms with Crippen LogP contribution in [-0.2, 0) is 44.9 Å². The highest BCUT2D eigenvalue weighted by Crippen LogP contribution is 2.59. The highest BCUT2D eigenvalue weighted by Gasteiger charge is 2.38. The monoisotopic (exact) mass is 1280 g/mol. The molecule has 8 aromatic carbocycles. The van der Waals surface area contributed by atoms with Crippen LogP contribution in [0, 0.1) is 0 Å². The molecule has 4 N–H and O–H groups in total. The molecule has 0 amide bonds. The minimum atomic E-state index is -1.33. The Morgan fingerprint density at radius 2 is 0.458 bits per heavy atom. The van der Waals surface area contributed by atoms with Gasteiger partial charge in [-0.3, -0.25) is 0 Å². The molecule has 17 rings (SSSR count). The quantitative estimate of drug-likeness (QED) is 0.0883. The van der Waals surface area contributed by atoms with Gasteiger partial charge in [0.2, 0.25) is 0 Å². The second-order valence-electron chi connectivity index (χ2n) is 24.6. The number of H-pyrrole nitrogens is 4. The van der Waals surface area contributed by atoms with Crippen LogP contribution in [0.1, 0.15) is 145 Å². The minimum Gasteiger partial charge on any atom is -0.550 e. The van der Waals surface area contributed by atoms with Gasteiger partial charge >= 0.3 is 0 Å². The molecule has 4 aromatic heterocycles. The molecule has 1 aliphatic carbocycles. The van der Waals surface area contributed by atoms with Crippen molar-refractivity contribution in [1.29, 1.82) is 0 Å². The third-order valence-corrected chi connectivity index (χ3v) is 18.6. The summed E-state index contributed by atoms with van der Waals surface area (Å²) in [6.45, 7) is 8.34. The fourth-order valence-corrected chi connectivity index (χ4v) is 14.4. The van der Waals surface area contributed by atoms with Gasteiger partial charge in [0, 0.05) is 191 Å². The Labute approximate surface area is 542 Å². The summed E-state index contributed by atoms with van der Waals surface area (Å²) in [7, 11) is 0. The molecule has 0 fully saturated rings. The van der Waals surface area contributed by atoms with E-state index in [2.05, 4.69) is 91.8 Å². The Kier molecular flexibility index (Phi) is 13.1. The van der Waals surface area contributed by atoms with Gasteiger partial charge in [-0.15, -0.1) is 0 Å². The number of carboxylic acid groups (broad SMARTS) is 4. The molecule has 0 unspecified atom stereocenters. The molecule has 0 saturated carbocycles. The molecule has 24 heteroatoms. The number of aliphatic carboxylic acids is 4. The average molecular weight is 1290 g/mol. The zero-order valence-electron chi connectivity index (χ0n) is 51.5. The van der Waals surface area contributed by atoms with Gasteiger partial charge in [-0.25, -0.2) is 19.9 Å². The van der Waals surface area contributed by atoms with E-state index in [0.717, 1.165) is 44.5 Å². The Morgan fingerprint density at radius 3 is 0.625 bits per heavy atom. The molecular formula is C72H52N8O16-4. The zero-order valence-corrected chi connectivity index (χ0v) is 51.5. The summed E-state index contributed by atoms with van der Waals surface area (Å²) in [6.07, 6.45) is -0.0106. The highest BCUT2D eigenvalue weighted by atomic mass is 16.5. The van der Waals surface area contributed by atoms with Gasteiger partial charge in [0.25, 0.3) is 0 Å². The number of rotatable bonds is 12. The van der Waals surface area contributed by atoms with Gasteiger partial charge in [0.1, 0.15) is 69.3 Å². The Balaban J connectivity index is 1.01. The zero-order chi connectivity index (χ0) is 65.7. The topological polar surface area (TPSA) is 349 Å². The van der Waals surface area contributed by atoms with Crippen molar-refractivity contribution in [2.75, 3.05) is 0 Å². The summed E-state index contributed by atoms with van der Waals surface area (Å²) in [5, 5.41) is 47.9. The molecule has 24 nitrogen and oxygen atoms in total. The van der Waals surface area contributed by atoms with Crippen LogP contribution in [0.25, 0.3) is 44.1 Å². The second kappa shape index (κ2) is 21.8. The molecular weight excluding hydrogens is 1230 g/mol. The van der Waals surface area contributed by atoms with Crippen LogP contribution in [0.15, 0.2) is 97.1 Å². The molecule has 12 aromatic rings. The van der Waals surface area contributed by atoms with Crippen molar-refractivity contribution in [2.24, 2.45) is 0 Å². The lowest BCUT2D eigenvalue weighted by molar-refractivity contribution is -0.306. The van der Waals surface area contributed by atoms with Crippen molar-refractivity contribution >= 4 is 68.0 Å². The number of aromatic nitrogens is 8. The number of carbonyl (C=O) groups excluding carboxylic acids is 4. The summed E-state index contributed by atoms with van der Waals surface area (Å²) < 4.78 is 58.0. The van der Waals surface area contributed by atoms with Crippen molar-refractivity contribution in [3.63, 3.8) is 0 Å². The predicted octanol–water partition coefficient (Wildman–Crippen LogP) is 10.4. The van der Waals surface area contributed by atoms with E-state index in [9.17, 15) is 39.6 Å². The lowest BCUT2D eigenvalue weighted by Crippen LogP contribution is -2.24. The van der Waals surface area contributed by atoms with Crippen molar-refractivity contribution < 1.29 is 77.5 Å². The lowest BCUT2D eigenvalue weighted by Gasteiger charge is -2.29. The molecule has 0 radical (unpaired) electrons. The Morgan fingerprint density at radius 1 is 0.281 bits per heavy atom. The molecule has 4 atom stereocenters. The number of nitrogens with one attached hydrogen (secondary N) is 4. The van der Waals surface area contributed by atoms with Crippen LogP contribution in [0.4, 0.5) is 0 Å². The van der Waals surface area contributed by atoms with Crippen molar-refractivity contribution in [3.8, 4) is 92.0 Å². The van der Waals surface area contributed by atoms with E-state index in [0.29, 0.717) is 116 Å². The van der Waals surface area contributed by atoms with Gasteiger partial charge in [-0.05, 0) is 49.9 Å². The molecule has 8 heterocycles. The number of benzene rings is 8. The SMILES string of the molecule is CC[C@@H]1c2cc3c4cc2Oc2cc5nc(CC(=O)[O-])[nH]c5cc2Oc2cc5c(cc21)[C@@H](CC)c1cc2c(cc1Oc1cc6[nH]c(CC(=O)[O-])nc6cc1O5)Oc1cc5nc(CC(=O)[O-])[nH]c5cc1Oc1cc(c(cc1[C@@H]2CC)[C@H]3CC)Oc1cc2nc(CC(=O)[O-])[nH]c2cc1O4. The van der Waals surface area contributed by atoms with Crippen LogP contribution < -0.4 is 58.3 Å². The summed E-state index contributed by atoms with van der Waals surface area (Å²) in [4.78, 5) is 79.0. The third kappa shape index (κ3) is 9.64. The van der Waals surface area contributed by atoms with E-state index >= 15 is 0 Å². The number of ether oxygens (including phenoxy) is 8. The standard InChI is InChI=1S/C72H56N8O16/c1-5-29-33-9-35-30(6-2)37-11-39-32(8-4)40-12-38-31(7-3)36-10-34(29)50-22-52(36)92-60-16-44-46(78-67(76-44)27-71(85)86)18-62(60)94-54(38)24-56(40)96-64-20-48-47(79-68(80-48)28-72(87)88)19-63(64)95-55(39)23-53(37)93-61-17-45-43(75-66(77-45)26-70(83)84)15-59(61)91-51(35)21-49(33)89-57-13-41-42(14-58(57)90-50)74-65(73-41)25-69(81)82/h9-24,29-32H,5-8,25-28H2,1-4H3,(H,73,74)(H,75,77)(H,76,78)(H,79,80)(H,81,82)(H,83,84)(H,85,86)(H,87,88)/p-4/t29-,30+,31-,32+. The summed E-state index contributed by atoms with van der Waals surface area (Å²) in [5.41, 5.74) is 9.26. The van der Waals surface area contributed by atoms with E-state index in [-0.39, 0.29) is 69.3 Å². The highest BCUT2D eigenvalue weighted by molar-refractivity contribution is 5.86. The van der Waals surface area contributed by atoms with Gasteiger partial charge in [-0.2, -0.15) is 0 Å². The fourth-order valence-electron chi connectivity index (χ4n) is 14.4. The molecule has 96 heavy (non-hydrogen) atoms. The molecule has 0 spiro atoms. The maximum atomic E-state index is 12.0. The minimum absolute atomic E-state index is 0.146. The van der Waals surface area contributed by atoms with E-state index in [4.69, 9.17) is 37.9 Å². The first-order chi connectivity index (χ1) is 46.5. The number of imidazole rings is 4. The van der Waals surface area contributed by atoms with Crippen LogP contribution in [-0.4, -0.2) is 63.7 Å². The van der Waals surface area contributed by atoms with Gasteiger partial charge in [0.05, 0.1) is 44.1 Å². The van der Waals surface area contributed by atoms with Gasteiger partial charge < -0.3 is 97.4 Å². The van der Waals surface area contributed by atoms with Crippen LogP contribution in [0.3, 0.4) is 0 Å². The number of hydrogen-bond acceptors (Lipinski definition) is 20. The van der Waals surface area contributed by atoms with Crippen molar-refractivity contribution in [2.45, 2.75) is 103 Å². The molecule has 4 aliphatic heterocycles. The summed E-state index contributed by atoms with van der Waals surface area (Å²) >= 11 is 0. The second-order valence-corrected chi connectivity index (χ2v) is 24.6. The number of nitrogens with zero attached hydrogens (tertiary/aromatic N) is 4. The van der Waals surface area contributed by atoms with E-state index < -0.39 is 73.2 Å². The number of carboxylic acids is 4.